The van der Waals surface area contributed by atoms with Crippen LogP contribution in [0.2, 0.25) is 0 Å². The molecular weight excluding hydrogens is 250 g/mol. The highest BCUT2D eigenvalue weighted by Crippen LogP contribution is 2.43. The molecule has 2 aliphatic carbocycles. The Balaban J connectivity index is 2.08. The molecule has 0 radical (unpaired) electrons. The molecule has 0 bridgehead atoms. The average Bonchev–Trinajstić information content (AvgIpc) is 2.83. The highest BCUT2D eigenvalue weighted by Gasteiger charge is 2.37. The minimum absolute atomic E-state index is 0.0708. The highest BCUT2D eigenvalue weighted by molar-refractivity contribution is 8.13. The Bertz CT molecular complexity index is 517. The van der Waals surface area contributed by atoms with Crippen molar-refractivity contribution in [2.24, 2.45) is 0 Å². The molecule has 16 heavy (non-hydrogen) atoms. The monoisotopic (exact) mass is 261 g/mol. The molecule has 0 atom stereocenters. The van der Waals surface area contributed by atoms with Crippen LogP contribution in [0.15, 0.2) is 5.16 Å². The van der Waals surface area contributed by atoms with Crippen LogP contribution in [-0.4, -0.2) is 23.2 Å². The maximum absolute atomic E-state index is 11.4. The molecule has 1 aromatic heterocycles. The van der Waals surface area contributed by atoms with Gasteiger partial charge in [0, 0.05) is 22.6 Å². The van der Waals surface area contributed by atoms with Crippen LogP contribution < -0.4 is 0 Å². The Morgan fingerprint density at radius 2 is 1.88 bits per heavy atom. The molecule has 2 fully saturated rings. The number of hydrogen-bond acceptors (Lipinski definition) is 4. The quantitative estimate of drug-likeness (QED) is 0.779. The standard InChI is InChI=1S/C9H12ClN3O2S/c10-16(14,15)9-12-11-8(6-2-1-3-6)13(9)7-4-5-7/h6-7H,1-5H2. The zero-order valence-electron chi connectivity index (χ0n) is 8.63. The van der Waals surface area contributed by atoms with Gasteiger partial charge in [0.1, 0.15) is 5.82 Å². The van der Waals surface area contributed by atoms with Crippen LogP contribution in [0, 0.1) is 0 Å². The van der Waals surface area contributed by atoms with Crippen LogP contribution in [0.1, 0.15) is 49.9 Å². The zero-order valence-corrected chi connectivity index (χ0v) is 10.2. The highest BCUT2D eigenvalue weighted by atomic mass is 35.7. The topological polar surface area (TPSA) is 64.8 Å². The van der Waals surface area contributed by atoms with Crippen molar-refractivity contribution in [3.05, 3.63) is 5.82 Å². The first kappa shape index (κ1) is 10.5. The van der Waals surface area contributed by atoms with E-state index in [9.17, 15) is 8.42 Å². The predicted octanol–water partition coefficient (Wildman–Crippen LogP) is 1.81. The third kappa shape index (κ3) is 1.64. The molecule has 1 heterocycles. The summed E-state index contributed by atoms with van der Waals surface area (Å²) in [7, 11) is 1.59. The van der Waals surface area contributed by atoms with E-state index in [2.05, 4.69) is 10.2 Å². The van der Waals surface area contributed by atoms with Crippen LogP contribution in [-0.2, 0) is 9.05 Å². The van der Waals surface area contributed by atoms with E-state index in [1.807, 2.05) is 0 Å². The molecular formula is C9H12ClN3O2S. The summed E-state index contributed by atoms with van der Waals surface area (Å²) < 4.78 is 24.5. The van der Waals surface area contributed by atoms with Crippen molar-refractivity contribution in [2.75, 3.05) is 0 Å². The third-order valence-corrected chi connectivity index (χ3v) is 4.42. The smallest absolute Gasteiger partial charge is 0.296 e. The fourth-order valence-corrected chi connectivity index (χ4v) is 3.01. The summed E-state index contributed by atoms with van der Waals surface area (Å²) in [5.74, 6) is 1.19. The normalized spacial score (nSPS) is 22.1. The first-order chi connectivity index (χ1) is 7.57. The summed E-state index contributed by atoms with van der Waals surface area (Å²) in [4.78, 5) is 0. The van der Waals surface area contributed by atoms with Crippen molar-refractivity contribution in [3.63, 3.8) is 0 Å². The fraction of sp³-hybridized carbons (Fsp3) is 0.778. The van der Waals surface area contributed by atoms with Gasteiger partial charge in [0.05, 0.1) is 0 Å². The molecule has 88 valence electrons. The molecule has 2 aliphatic rings. The lowest BCUT2D eigenvalue weighted by Crippen LogP contribution is -2.16. The molecule has 0 amide bonds. The van der Waals surface area contributed by atoms with E-state index >= 15 is 0 Å². The molecule has 0 unspecified atom stereocenters. The van der Waals surface area contributed by atoms with E-state index in [0.717, 1.165) is 31.5 Å². The lowest BCUT2D eigenvalue weighted by molar-refractivity contribution is 0.382. The summed E-state index contributed by atoms with van der Waals surface area (Å²) >= 11 is 0. The average molecular weight is 262 g/mol. The molecule has 7 heteroatoms. The van der Waals surface area contributed by atoms with Crippen LogP contribution >= 0.6 is 10.7 Å². The van der Waals surface area contributed by atoms with E-state index in [4.69, 9.17) is 10.7 Å². The van der Waals surface area contributed by atoms with Gasteiger partial charge in [-0.25, -0.2) is 8.42 Å². The van der Waals surface area contributed by atoms with Gasteiger partial charge in [0.25, 0.3) is 14.2 Å². The molecule has 0 saturated heterocycles. The van der Waals surface area contributed by atoms with Gasteiger partial charge < -0.3 is 0 Å². The number of rotatable bonds is 3. The lowest BCUT2D eigenvalue weighted by atomic mass is 9.85. The SMILES string of the molecule is O=S(=O)(Cl)c1nnc(C2CCC2)n1C1CC1. The Hall–Kier alpha value is -0.620. The first-order valence-corrected chi connectivity index (χ1v) is 7.78. The summed E-state index contributed by atoms with van der Waals surface area (Å²) in [6.45, 7) is 0. The molecule has 2 saturated carbocycles. The van der Waals surface area contributed by atoms with Gasteiger partial charge in [-0.1, -0.05) is 6.42 Å². The van der Waals surface area contributed by atoms with Crippen molar-refractivity contribution in [3.8, 4) is 0 Å². The molecule has 1 aromatic rings. The van der Waals surface area contributed by atoms with Crippen molar-refractivity contribution in [1.82, 2.24) is 14.8 Å². The number of hydrogen-bond donors (Lipinski definition) is 0. The summed E-state index contributed by atoms with van der Waals surface area (Å²) in [6.07, 6.45) is 5.33. The Morgan fingerprint density at radius 3 is 2.31 bits per heavy atom. The number of halogens is 1. The van der Waals surface area contributed by atoms with Gasteiger partial charge in [0.2, 0.25) is 0 Å². The van der Waals surface area contributed by atoms with E-state index in [1.54, 1.807) is 4.57 Å². The molecule has 3 rings (SSSR count). The van der Waals surface area contributed by atoms with Gasteiger partial charge in [0.15, 0.2) is 0 Å². The third-order valence-electron chi connectivity index (χ3n) is 3.29. The van der Waals surface area contributed by atoms with Crippen LogP contribution in [0.5, 0.6) is 0 Å². The van der Waals surface area contributed by atoms with Crippen molar-refractivity contribution in [1.29, 1.82) is 0 Å². The molecule has 0 aliphatic heterocycles. The summed E-state index contributed by atoms with van der Waals surface area (Å²) in [5.41, 5.74) is 0. The minimum Gasteiger partial charge on any atom is -0.297 e. The van der Waals surface area contributed by atoms with Gasteiger partial charge in [-0.2, -0.15) is 0 Å². The molecule has 5 nitrogen and oxygen atoms in total. The van der Waals surface area contributed by atoms with Gasteiger partial charge in [-0.05, 0) is 25.7 Å². The van der Waals surface area contributed by atoms with Gasteiger partial charge >= 0.3 is 0 Å². The van der Waals surface area contributed by atoms with Crippen LogP contribution in [0.4, 0.5) is 0 Å². The second kappa shape index (κ2) is 3.43. The summed E-state index contributed by atoms with van der Waals surface area (Å²) in [5, 5.41) is 7.69. The van der Waals surface area contributed by atoms with Crippen molar-refractivity contribution < 1.29 is 8.42 Å². The zero-order chi connectivity index (χ0) is 11.3. The number of aromatic nitrogens is 3. The van der Waals surface area contributed by atoms with Crippen LogP contribution in [0.3, 0.4) is 0 Å². The van der Waals surface area contributed by atoms with E-state index in [-0.39, 0.29) is 11.2 Å². The first-order valence-electron chi connectivity index (χ1n) is 5.47. The van der Waals surface area contributed by atoms with Gasteiger partial charge in [-0.3, -0.25) is 4.57 Å². The van der Waals surface area contributed by atoms with E-state index < -0.39 is 9.05 Å². The Labute approximate surface area is 98.2 Å². The van der Waals surface area contributed by atoms with Crippen molar-refractivity contribution in [2.45, 2.75) is 49.2 Å². The molecule has 0 aromatic carbocycles. The summed E-state index contributed by atoms with van der Waals surface area (Å²) in [6, 6.07) is 0.245. The van der Waals surface area contributed by atoms with E-state index in [0.29, 0.717) is 5.92 Å². The molecule has 0 spiro atoms. The second-order valence-electron chi connectivity index (χ2n) is 4.51. The lowest BCUT2D eigenvalue weighted by Gasteiger charge is -2.24. The maximum Gasteiger partial charge on any atom is 0.296 e. The largest absolute Gasteiger partial charge is 0.297 e. The molecule has 0 N–H and O–H groups in total. The Kier molecular flexibility index (Phi) is 2.26. The number of nitrogens with zero attached hydrogens (tertiary/aromatic N) is 3. The second-order valence-corrected chi connectivity index (χ2v) is 6.97. The van der Waals surface area contributed by atoms with Crippen molar-refractivity contribution >= 4 is 19.7 Å². The minimum atomic E-state index is -3.77. The van der Waals surface area contributed by atoms with Gasteiger partial charge in [-0.15, -0.1) is 10.2 Å². The van der Waals surface area contributed by atoms with Crippen LogP contribution in [0.25, 0.3) is 0 Å². The predicted molar refractivity (Wildman–Crippen MR) is 57.9 cm³/mol. The Morgan fingerprint density at radius 1 is 1.19 bits per heavy atom. The van der Waals surface area contributed by atoms with E-state index in [1.165, 1.54) is 6.42 Å². The maximum atomic E-state index is 11.4. The fourth-order valence-electron chi connectivity index (χ4n) is 2.08.